The molecule has 1 rings (SSSR count). The molecule has 16 heavy (non-hydrogen) atoms. The Morgan fingerprint density at radius 3 is 2.50 bits per heavy atom. The minimum absolute atomic E-state index is 0.0658. The molecule has 2 N–H and O–H groups in total. The van der Waals surface area contributed by atoms with E-state index in [1.54, 1.807) is 0 Å². The summed E-state index contributed by atoms with van der Waals surface area (Å²) in [5.41, 5.74) is -0.792. The van der Waals surface area contributed by atoms with E-state index in [9.17, 15) is 9.59 Å². The molecule has 2 amide bonds. The van der Waals surface area contributed by atoms with Gasteiger partial charge in [-0.2, -0.15) is 5.26 Å². The first-order valence-corrected chi connectivity index (χ1v) is 5.61. The summed E-state index contributed by atoms with van der Waals surface area (Å²) in [5, 5.41) is 14.1. The molecule has 1 aliphatic carbocycles. The highest BCUT2D eigenvalue weighted by Gasteiger charge is 2.50. The lowest BCUT2D eigenvalue weighted by atomic mass is 10.1. The average molecular weight is 223 g/mol. The summed E-state index contributed by atoms with van der Waals surface area (Å²) in [4.78, 5) is 22.7. The largest absolute Gasteiger partial charge is 0.356 e. The minimum atomic E-state index is -0.792. The molecule has 0 heterocycles. The molecule has 5 heteroatoms. The van der Waals surface area contributed by atoms with Crippen molar-refractivity contribution in [2.45, 2.75) is 32.6 Å². The molecule has 0 atom stereocenters. The van der Waals surface area contributed by atoms with Crippen LogP contribution in [0.3, 0.4) is 0 Å². The number of nitriles is 1. The van der Waals surface area contributed by atoms with Crippen molar-refractivity contribution in [3.63, 3.8) is 0 Å². The zero-order valence-electron chi connectivity index (χ0n) is 9.51. The van der Waals surface area contributed by atoms with Crippen LogP contribution in [0.15, 0.2) is 0 Å². The van der Waals surface area contributed by atoms with Crippen LogP contribution in [0, 0.1) is 16.7 Å². The summed E-state index contributed by atoms with van der Waals surface area (Å²) in [6, 6.07) is 2.01. The zero-order valence-corrected chi connectivity index (χ0v) is 9.51. The van der Waals surface area contributed by atoms with Gasteiger partial charge in [0.25, 0.3) is 0 Å². The average Bonchev–Trinajstić information content (AvgIpc) is 3.07. The third-order valence-corrected chi connectivity index (χ3v) is 2.61. The molecule has 88 valence electrons. The number of hydrogen-bond acceptors (Lipinski definition) is 3. The van der Waals surface area contributed by atoms with E-state index in [0.717, 1.165) is 6.42 Å². The van der Waals surface area contributed by atoms with Crippen LogP contribution in [0.5, 0.6) is 0 Å². The van der Waals surface area contributed by atoms with E-state index in [2.05, 4.69) is 10.6 Å². The molecule has 0 saturated heterocycles. The molecule has 0 radical (unpaired) electrons. The Morgan fingerprint density at radius 2 is 2.00 bits per heavy atom. The number of amides is 2. The molecule has 0 bridgehead atoms. The lowest BCUT2D eigenvalue weighted by Gasteiger charge is -2.08. The van der Waals surface area contributed by atoms with Gasteiger partial charge in [-0.1, -0.05) is 6.92 Å². The minimum Gasteiger partial charge on any atom is -0.356 e. The van der Waals surface area contributed by atoms with E-state index >= 15 is 0 Å². The lowest BCUT2D eigenvalue weighted by Crippen LogP contribution is -2.35. The van der Waals surface area contributed by atoms with Crippen molar-refractivity contribution in [2.24, 2.45) is 5.41 Å². The fourth-order valence-electron chi connectivity index (χ4n) is 1.33. The van der Waals surface area contributed by atoms with Gasteiger partial charge >= 0.3 is 0 Å². The first-order valence-electron chi connectivity index (χ1n) is 5.61. The monoisotopic (exact) mass is 223 g/mol. The van der Waals surface area contributed by atoms with Crippen LogP contribution < -0.4 is 10.6 Å². The molecule has 5 nitrogen and oxygen atoms in total. The number of nitrogens with zero attached hydrogens (tertiary/aromatic N) is 1. The van der Waals surface area contributed by atoms with Crippen molar-refractivity contribution in [2.75, 3.05) is 13.1 Å². The van der Waals surface area contributed by atoms with E-state index in [0.29, 0.717) is 25.9 Å². The van der Waals surface area contributed by atoms with Crippen molar-refractivity contribution in [3.05, 3.63) is 0 Å². The third-order valence-electron chi connectivity index (χ3n) is 2.61. The molecule has 0 spiro atoms. The van der Waals surface area contributed by atoms with Gasteiger partial charge in [0, 0.05) is 19.5 Å². The Bertz CT molecular complexity index is 316. The number of carbonyl (C=O) groups is 2. The molecule has 1 fully saturated rings. The number of carbonyl (C=O) groups excluding carboxylic acids is 2. The highest BCUT2D eigenvalue weighted by molar-refractivity contribution is 5.88. The number of nitrogens with one attached hydrogen (secondary N) is 2. The van der Waals surface area contributed by atoms with Gasteiger partial charge in [0.15, 0.2) is 0 Å². The normalized spacial score (nSPS) is 16.0. The Labute approximate surface area is 95.2 Å². The van der Waals surface area contributed by atoms with Crippen LogP contribution in [0.25, 0.3) is 0 Å². The van der Waals surface area contributed by atoms with Crippen LogP contribution in [0.1, 0.15) is 32.6 Å². The maximum Gasteiger partial charge on any atom is 0.240 e. The number of rotatable bonds is 6. The first-order chi connectivity index (χ1) is 7.64. The van der Waals surface area contributed by atoms with E-state index in [1.165, 1.54) is 0 Å². The quantitative estimate of drug-likeness (QED) is 0.680. The van der Waals surface area contributed by atoms with Gasteiger partial charge in [-0.05, 0) is 19.3 Å². The summed E-state index contributed by atoms with van der Waals surface area (Å²) in [6.45, 7) is 2.94. The summed E-state index contributed by atoms with van der Waals surface area (Å²) < 4.78 is 0. The fraction of sp³-hybridized carbons (Fsp3) is 0.727. The van der Waals surface area contributed by atoms with Crippen molar-refractivity contribution in [1.82, 2.24) is 10.6 Å². The molecule has 0 aliphatic heterocycles. The molecule has 1 aliphatic rings. The molecular weight excluding hydrogens is 206 g/mol. The topological polar surface area (TPSA) is 82.0 Å². The van der Waals surface area contributed by atoms with Gasteiger partial charge in [0.1, 0.15) is 5.41 Å². The maximum atomic E-state index is 11.5. The fourth-order valence-corrected chi connectivity index (χ4v) is 1.33. The third kappa shape index (κ3) is 3.23. The van der Waals surface area contributed by atoms with Crippen molar-refractivity contribution < 1.29 is 9.59 Å². The van der Waals surface area contributed by atoms with Crippen LogP contribution in [0.4, 0.5) is 0 Å². The Morgan fingerprint density at radius 1 is 1.31 bits per heavy atom. The van der Waals surface area contributed by atoms with Gasteiger partial charge in [-0.15, -0.1) is 0 Å². The highest BCUT2D eigenvalue weighted by atomic mass is 16.2. The van der Waals surface area contributed by atoms with Crippen LogP contribution in [-0.4, -0.2) is 24.9 Å². The molecule has 1 saturated carbocycles. The zero-order chi connectivity index (χ0) is 12.0. The highest BCUT2D eigenvalue weighted by Crippen LogP contribution is 2.44. The molecule has 0 aromatic rings. The molecular formula is C11H17N3O2. The van der Waals surface area contributed by atoms with Gasteiger partial charge in [-0.25, -0.2) is 0 Å². The van der Waals surface area contributed by atoms with E-state index in [-0.39, 0.29) is 18.2 Å². The first kappa shape index (κ1) is 12.5. The summed E-state index contributed by atoms with van der Waals surface area (Å²) in [5.74, 6) is -0.303. The summed E-state index contributed by atoms with van der Waals surface area (Å²) >= 11 is 0. The Balaban J connectivity index is 2.14. The van der Waals surface area contributed by atoms with Gasteiger partial charge in [0.05, 0.1) is 6.07 Å². The summed E-state index contributed by atoms with van der Waals surface area (Å²) in [6.07, 6.45) is 2.44. The molecule has 0 aromatic carbocycles. The van der Waals surface area contributed by atoms with Crippen LogP contribution in [-0.2, 0) is 9.59 Å². The van der Waals surface area contributed by atoms with E-state index in [4.69, 9.17) is 5.26 Å². The smallest absolute Gasteiger partial charge is 0.240 e. The van der Waals surface area contributed by atoms with Crippen molar-refractivity contribution in [1.29, 1.82) is 5.26 Å². The SMILES string of the molecule is CCCNC(=O)CCNC(=O)C1(C#N)CC1. The lowest BCUT2D eigenvalue weighted by molar-refractivity contribution is -0.124. The Kier molecular flexibility index (Phi) is 4.29. The van der Waals surface area contributed by atoms with E-state index in [1.807, 2.05) is 13.0 Å². The second kappa shape index (κ2) is 5.50. The van der Waals surface area contributed by atoms with Crippen molar-refractivity contribution in [3.8, 4) is 6.07 Å². The molecule has 0 unspecified atom stereocenters. The predicted octanol–water partition coefficient (Wildman–Crippen LogP) is 0.323. The number of hydrogen-bond donors (Lipinski definition) is 2. The van der Waals surface area contributed by atoms with Gasteiger partial charge < -0.3 is 10.6 Å². The van der Waals surface area contributed by atoms with Crippen molar-refractivity contribution >= 4 is 11.8 Å². The second-order valence-electron chi connectivity index (χ2n) is 4.05. The van der Waals surface area contributed by atoms with Crippen LogP contribution >= 0.6 is 0 Å². The maximum absolute atomic E-state index is 11.5. The standard InChI is InChI=1S/C11H17N3O2/c1-2-6-13-9(15)3-7-14-10(16)11(8-12)4-5-11/h2-7H2,1H3,(H,13,15)(H,14,16). The second-order valence-corrected chi connectivity index (χ2v) is 4.05. The molecule has 0 aromatic heterocycles. The predicted molar refractivity (Wildman–Crippen MR) is 58.2 cm³/mol. The van der Waals surface area contributed by atoms with E-state index < -0.39 is 5.41 Å². The van der Waals surface area contributed by atoms with Gasteiger partial charge in [0.2, 0.25) is 11.8 Å². The van der Waals surface area contributed by atoms with Crippen LogP contribution in [0.2, 0.25) is 0 Å². The Hall–Kier alpha value is -1.57. The summed E-state index contributed by atoms with van der Waals surface area (Å²) in [7, 11) is 0. The van der Waals surface area contributed by atoms with Gasteiger partial charge in [-0.3, -0.25) is 9.59 Å².